The molecule has 0 unspecified atom stereocenters. The standard InChI is InChI=1S/C15H14ClN3O2.2C14H14ClN3O2.2C11H8ClN3O2.C4H8O/c16-12-4-1-3-11(9-12)15-17-10-19(18-15)8-7-14(20)21-13-5-2-6-13;2*1-10(2)20-13(19)6-7-18-9-16-14(17-18)11-4-3-5-12(15)8-11;2*12-9-3-1-2-8(6-9)11-13-7-15(14-11)5-4-10(16)17;5-4-2-1-3-4/h1,3-4,7-10,13H,2,5-6H2;2*3-10H,1-2H3;2*1-7H,(H,16,17);4-5H,1-3H2/b8-7-;2*7-6-;2*5-4-;. The molecule has 26 nitrogen and oxygen atoms in total. The molecular formula is C69H66Cl5N15O11. The van der Waals surface area contributed by atoms with E-state index in [0.29, 0.717) is 54.2 Å². The van der Waals surface area contributed by atoms with Crippen molar-refractivity contribution >= 4 is 119 Å². The molecule has 0 spiro atoms. The summed E-state index contributed by atoms with van der Waals surface area (Å²) in [4.78, 5) is 75.5. The van der Waals surface area contributed by atoms with Crippen molar-refractivity contribution in [3.05, 3.63) is 208 Å². The molecule has 0 bridgehead atoms. The van der Waals surface area contributed by atoms with Gasteiger partial charge in [-0.1, -0.05) is 119 Å². The Hall–Kier alpha value is -10.7. The topological polar surface area (TPSA) is 327 Å². The number of aliphatic hydroxyl groups excluding tert-OH is 1. The number of halogens is 5. The zero-order valence-corrected chi connectivity index (χ0v) is 57.7. The Morgan fingerprint density at radius 2 is 0.640 bits per heavy atom. The van der Waals surface area contributed by atoms with Crippen LogP contribution in [0.15, 0.2) is 183 Å². The number of carboxylic acids is 2. The number of aliphatic carboxylic acids is 2. The Bertz CT molecular complexity index is 4280. The van der Waals surface area contributed by atoms with Crippen LogP contribution in [0.25, 0.3) is 87.9 Å². The van der Waals surface area contributed by atoms with Gasteiger partial charge >= 0.3 is 29.8 Å². The fourth-order valence-electron chi connectivity index (χ4n) is 7.85. The number of aliphatic hydroxyl groups is 1. The summed E-state index contributed by atoms with van der Waals surface area (Å²) in [5.74, 6) is -0.655. The van der Waals surface area contributed by atoms with Crippen molar-refractivity contribution in [2.75, 3.05) is 0 Å². The van der Waals surface area contributed by atoms with Crippen LogP contribution in [0.4, 0.5) is 0 Å². The molecular weight excluding hydrogens is 1390 g/mol. The summed E-state index contributed by atoms with van der Waals surface area (Å²) in [5.41, 5.74) is 4.01. The molecule has 0 radical (unpaired) electrons. The number of carbonyl (C=O) groups excluding carboxylic acids is 3. The van der Waals surface area contributed by atoms with Crippen molar-refractivity contribution in [1.82, 2.24) is 73.8 Å². The lowest BCUT2D eigenvalue weighted by molar-refractivity contribution is -0.147. The molecule has 10 aromatic rings. The van der Waals surface area contributed by atoms with Crippen LogP contribution >= 0.6 is 58.0 Å². The minimum Gasteiger partial charge on any atom is -0.478 e. The molecule has 100 heavy (non-hydrogen) atoms. The van der Waals surface area contributed by atoms with Crippen LogP contribution in [0, 0.1) is 0 Å². The molecule has 5 heterocycles. The van der Waals surface area contributed by atoms with Gasteiger partial charge in [-0.05, 0) is 127 Å². The maximum Gasteiger partial charge on any atom is 0.332 e. The first-order valence-electron chi connectivity index (χ1n) is 30.5. The maximum absolute atomic E-state index is 11.6. The highest BCUT2D eigenvalue weighted by Gasteiger charge is 2.21. The number of aromatic nitrogens is 15. The van der Waals surface area contributed by atoms with Gasteiger partial charge in [-0.25, -0.2) is 72.3 Å². The summed E-state index contributed by atoms with van der Waals surface area (Å²) in [5, 5.41) is 49.3. The van der Waals surface area contributed by atoms with Crippen LogP contribution in [0.1, 0.15) is 66.2 Å². The molecule has 0 aliphatic heterocycles. The summed E-state index contributed by atoms with van der Waals surface area (Å²) in [6.07, 6.45) is 26.7. The minimum atomic E-state index is -1.04. The van der Waals surface area contributed by atoms with Crippen LogP contribution in [-0.2, 0) is 38.2 Å². The second-order valence-electron chi connectivity index (χ2n) is 21.6. The lowest BCUT2D eigenvalue weighted by Crippen LogP contribution is -2.24. The predicted molar refractivity (Wildman–Crippen MR) is 380 cm³/mol. The normalized spacial score (nSPS) is 12.6. The summed E-state index contributed by atoms with van der Waals surface area (Å²) in [6.45, 7) is 7.16. The van der Waals surface area contributed by atoms with Gasteiger partial charge in [0.15, 0.2) is 29.1 Å². The van der Waals surface area contributed by atoms with Crippen LogP contribution in [0.2, 0.25) is 25.1 Å². The smallest absolute Gasteiger partial charge is 0.332 e. The molecule has 2 aliphatic carbocycles. The van der Waals surface area contributed by atoms with E-state index in [4.69, 9.17) is 87.5 Å². The Morgan fingerprint density at radius 1 is 0.400 bits per heavy atom. The Labute approximate surface area is 598 Å². The van der Waals surface area contributed by atoms with Gasteiger partial charge in [-0.3, -0.25) is 0 Å². The maximum atomic E-state index is 11.6. The zero-order chi connectivity index (χ0) is 71.9. The number of rotatable bonds is 18. The molecule has 2 aliphatic rings. The highest BCUT2D eigenvalue weighted by Crippen LogP contribution is 2.25. The average Bonchev–Trinajstić information content (AvgIpc) is 1.75. The fourth-order valence-corrected chi connectivity index (χ4v) is 8.80. The largest absolute Gasteiger partial charge is 0.478 e. The molecule has 3 N–H and O–H groups in total. The van der Waals surface area contributed by atoms with Crippen LogP contribution < -0.4 is 0 Å². The van der Waals surface area contributed by atoms with Crippen molar-refractivity contribution in [2.45, 2.75) is 90.6 Å². The van der Waals surface area contributed by atoms with Crippen molar-refractivity contribution in [3.8, 4) is 56.9 Å². The van der Waals surface area contributed by atoms with Gasteiger partial charge in [-0.2, -0.15) is 0 Å². The molecule has 5 aromatic carbocycles. The van der Waals surface area contributed by atoms with Gasteiger partial charge < -0.3 is 29.5 Å². The lowest BCUT2D eigenvalue weighted by atomic mass is 9.96. The van der Waals surface area contributed by atoms with E-state index in [1.54, 1.807) is 100 Å². The summed E-state index contributed by atoms with van der Waals surface area (Å²) < 4.78 is 22.2. The van der Waals surface area contributed by atoms with E-state index in [1.165, 1.54) is 111 Å². The average molecular weight is 1460 g/mol. The van der Waals surface area contributed by atoms with Gasteiger partial charge in [0.25, 0.3) is 0 Å². The number of benzene rings is 5. The van der Waals surface area contributed by atoms with Crippen molar-refractivity contribution in [1.29, 1.82) is 0 Å². The second kappa shape index (κ2) is 39.6. The van der Waals surface area contributed by atoms with E-state index in [9.17, 15) is 24.0 Å². The molecule has 0 amide bonds. The first kappa shape index (κ1) is 76.6. The molecule has 0 saturated heterocycles. The highest BCUT2D eigenvalue weighted by molar-refractivity contribution is 6.32. The van der Waals surface area contributed by atoms with E-state index in [1.807, 2.05) is 48.5 Å². The van der Waals surface area contributed by atoms with Crippen molar-refractivity contribution in [3.63, 3.8) is 0 Å². The van der Waals surface area contributed by atoms with Crippen molar-refractivity contribution < 1.29 is 53.5 Å². The zero-order valence-electron chi connectivity index (χ0n) is 54.0. The van der Waals surface area contributed by atoms with Gasteiger partial charge in [-0.15, -0.1) is 25.5 Å². The number of esters is 3. The van der Waals surface area contributed by atoms with Gasteiger partial charge in [0.05, 0.1) is 18.3 Å². The number of nitrogens with zero attached hydrogens (tertiary/aromatic N) is 15. The third kappa shape index (κ3) is 27.6. The van der Waals surface area contributed by atoms with Crippen LogP contribution in [0.3, 0.4) is 0 Å². The predicted octanol–water partition coefficient (Wildman–Crippen LogP) is 14.0. The SMILES string of the molecule is CC(C)OC(=O)/C=C\n1cnc(-c2cccc(Cl)c2)n1.CC(C)OC(=O)/C=C\n1cnc(-c2cccc(Cl)c2)n1.O=C(/C=C\n1cnc(-c2cccc(Cl)c2)n1)OC1CCC1.O=C(O)/C=C\n1cnc(-c2cccc(Cl)c2)n1.O=C(O)/C=C\n1cnc(-c2cccc(Cl)c2)n1.OC1CCC1. The third-order valence-corrected chi connectivity index (χ3v) is 14.1. The molecule has 5 aromatic heterocycles. The summed E-state index contributed by atoms with van der Waals surface area (Å²) in [7, 11) is 0. The number of carbonyl (C=O) groups is 5. The van der Waals surface area contributed by atoms with Crippen molar-refractivity contribution in [2.24, 2.45) is 0 Å². The number of ether oxygens (including phenoxy) is 3. The minimum absolute atomic E-state index is 0.0648. The lowest BCUT2D eigenvalue weighted by Gasteiger charge is -2.24. The highest BCUT2D eigenvalue weighted by atomic mass is 35.5. The summed E-state index contributed by atoms with van der Waals surface area (Å²) in [6, 6.07) is 36.0. The molecule has 31 heteroatoms. The van der Waals surface area contributed by atoms with Gasteiger partial charge in [0, 0.05) is 114 Å². The van der Waals surface area contributed by atoms with Gasteiger partial charge in [0.1, 0.15) is 37.7 Å². The quantitative estimate of drug-likeness (QED) is 0.0408. The Kier molecular flexibility index (Phi) is 30.3. The van der Waals surface area contributed by atoms with E-state index in [2.05, 4.69) is 50.4 Å². The molecule has 518 valence electrons. The summed E-state index contributed by atoms with van der Waals surface area (Å²) >= 11 is 29.5. The Balaban J connectivity index is 0.000000173. The number of carboxylic acid groups (broad SMARTS) is 2. The van der Waals surface area contributed by atoms with E-state index >= 15 is 0 Å². The number of hydrogen-bond acceptors (Lipinski definition) is 19. The first-order chi connectivity index (χ1) is 48.0. The van der Waals surface area contributed by atoms with Crippen LogP contribution in [0.5, 0.6) is 0 Å². The van der Waals surface area contributed by atoms with E-state index in [0.717, 1.165) is 72.1 Å². The molecule has 2 saturated carbocycles. The monoisotopic (exact) mass is 1460 g/mol. The fraction of sp³-hybridized carbons (Fsp3) is 0.203. The molecule has 0 atom stereocenters. The van der Waals surface area contributed by atoms with E-state index < -0.39 is 23.9 Å². The third-order valence-electron chi connectivity index (χ3n) is 12.9. The molecule has 2 fully saturated rings. The second-order valence-corrected chi connectivity index (χ2v) is 23.8. The first-order valence-corrected chi connectivity index (χ1v) is 32.4. The van der Waals surface area contributed by atoms with Gasteiger partial charge in [0.2, 0.25) is 0 Å². The van der Waals surface area contributed by atoms with Crippen LogP contribution in [-0.4, -0.2) is 143 Å². The number of hydrogen-bond donors (Lipinski definition) is 3. The molecule has 12 rings (SSSR count). The van der Waals surface area contributed by atoms with E-state index in [-0.39, 0.29) is 30.4 Å². The Morgan fingerprint density at radius 3 is 0.840 bits per heavy atom.